The highest BCUT2D eigenvalue weighted by molar-refractivity contribution is 5.85. The van der Waals surface area contributed by atoms with Gasteiger partial charge < -0.3 is 4.74 Å². The predicted octanol–water partition coefficient (Wildman–Crippen LogP) is 13.9. The first kappa shape index (κ1) is 42.1. The van der Waals surface area contributed by atoms with E-state index in [-0.39, 0.29) is 11.9 Å². The first-order chi connectivity index (χ1) is 20.9. The molecule has 256 valence electrons. The van der Waals surface area contributed by atoms with Gasteiger partial charge in [0.05, 0.1) is 0 Å². The van der Waals surface area contributed by atoms with Crippen LogP contribution in [0, 0.1) is 11.8 Å². The topological polar surface area (TPSA) is 43.4 Å². The molecule has 0 aromatic rings. The number of hydrogen-bond acceptors (Lipinski definition) is 3. The number of rotatable bonds is 34. The van der Waals surface area contributed by atoms with Crippen molar-refractivity contribution in [1.29, 1.82) is 0 Å². The highest BCUT2D eigenvalue weighted by Gasteiger charge is 2.10. The average Bonchev–Trinajstić information content (AvgIpc) is 2.96. The molecule has 0 rings (SSSR count). The van der Waals surface area contributed by atoms with Gasteiger partial charge in [0.15, 0.2) is 0 Å². The van der Waals surface area contributed by atoms with E-state index < -0.39 is 0 Å². The molecule has 43 heavy (non-hydrogen) atoms. The van der Waals surface area contributed by atoms with E-state index in [9.17, 15) is 9.59 Å². The number of unbranched alkanes of at least 4 members (excludes halogenated alkanes) is 26. The first-order valence-electron chi connectivity index (χ1n) is 19.6. The molecule has 0 unspecified atom stereocenters. The van der Waals surface area contributed by atoms with Gasteiger partial charge in [-0.2, -0.15) is 0 Å². The Hall–Kier alpha value is -0.860. The van der Waals surface area contributed by atoms with Crippen molar-refractivity contribution in [2.24, 2.45) is 11.8 Å². The van der Waals surface area contributed by atoms with Gasteiger partial charge in [0.25, 0.3) is 0 Å². The second kappa shape index (κ2) is 34.0. The van der Waals surface area contributed by atoms with Crippen molar-refractivity contribution < 1.29 is 14.3 Å². The molecule has 0 atom stereocenters. The Kier molecular flexibility index (Phi) is 33.3. The van der Waals surface area contributed by atoms with Crippen LogP contribution in [-0.4, -0.2) is 11.9 Å². The lowest BCUT2D eigenvalue weighted by Crippen LogP contribution is -2.11. The van der Waals surface area contributed by atoms with Gasteiger partial charge in [-0.05, 0) is 24.7 Å². The summed E-state index contributed by atoms with van der Waals surface area (Å²) in [5.74, 6) is 1.08. The molecule has 0 radical (unpaired) electrons. The fourth-order valence-corrected chi connectivity index (χ4v) is 6.12. The molecule has 0 amide bonds. The number of carbonyl (C=O) groups excluding carboxylic acids is 2. The summed E-state index contributed by atoms with van der Waals surface area (Å²) in [4.78, 5) is 23.9. The second-order valence-electron chi connectivity index (χ2n) is 14.6. The van der Waals surface area contributed by atoms with Crippen LogP contribution in [0.2, 0.25) is 0 Å². The van der Waals surface area contributed by atoms with Crippen LogP contribution in [0.1, 0.15) is 233 Å². The van der Waals surface area contributed by atoms with Gasteiger partial charge in [-0.15, -0.1) is 0 Å². The van der Waals surface area contributed by atoms with E-state index in [4.69, 9.17) is 4.74 Å². The molecule has 0 aliphatic rings. The van der Waals surface area contributed by atoms with Crippen LogP contribution in [0.4, 0.5) is 0 Å². The standard InChI is InChI=1S/C40H78O3/c1-37(2)33-29-25-21-17-13-9-5-7-11-15-19-23-27-31-35-39(41)43-40(42)36-32-28-24-20-16-12-8-6-10-14-18-22-26-30-34-38(3)4/h37-38H,5-36H2,1-4H3. The number of hydrogen-bond donors (Lipinski definition) is 0. The molecule has 0 spiro atoms. The second-order valence-corrected chi connectivity index (χ2v) is 14.6. The summed E-state index contributed by atoms with van der Waals surface area (Å²) >= 11 is 0. The normalized spacial score (nSPS) is 11.6. The van der Waals surface area contributed by atoms with Crippen molar-refractivity contribution in [2.45, 2.75) is 233 Å². The molecule has 0 heterocycles. The zero-order chi connectivity index (χ0) is 31.6. The quantitative estimate of drug-likeness (QED) is 0.0416. The molecule has 0 fully saturated rings. The SMILES string of the molecule is CC(C)CCCCCCCCCCCCCCCCC(=O)OC(=O)CCCCCCCCCCCCCCCCC(C)C. The van der Waals surface area contributed by atoms with Gasteiger partial charge in [0.1, 0.15) is 0 Å². The molecular formula is C40H78O3. The lowest BCUT2D eigenvalue weighted by Gasteiger charge is -2.05. The van der Waals surface area contributed by atoms with E-state index in [1.807, 2.05) is 0 Å². The zero-order valence-electron chi connectivity index (χ0n) is 30.0. The van der Waals surface area contributed by atoms with Crippen LogP contribution in [-0.2, 0) is 14.3 Å². The number of ether oxygens (including phenoxy) is 1. The van der Waals surface area contributed by atoms with Crippen LogP contribution < -0.4 is 0 Å². The summed E-state index contributed by atoms with van der Waals surface area (Å²) in [5, 5.41) is 0. The van der Waals surface area contributed by atoms with Gasteiger partial charge in [0.2, 0.25) is 0 Å². The molecule has 0 aliphatic carbocycles. The Bertz CT molecular complexity index is 532. The summed E-state index contributed by atoms with van der Waals surface area (Å²) in [6.07, 6.45) is 40.2. The minimum absolute atomic E-state index is 0.323. The predicted molar refractivity (Wildman–Crippen MR) is 189 cm³/mol. The van der Waals surface area contributed by atoms with E-state index >= 15 is 0 Å². The van der Waals surface area contributed by atoms with Crippen LogP contribution in [0.5, 0.6) is 0 Å². The molecule has 0 saturated heterocycles. The van der Waals surface area contributed by atoms with E-state index in [0.717, 1.165) is 37.5 Å². The third kappa shape index (κ3) is 37.2. The summed E-state index contributed by atoms with van der Waals surface area (Å²) in [5.41, 5.74) is 0. The Balaban J connectivity index is 3.28. The van der Waals surface area contributed by atoms with E-state index in [1.165, 1.54) is 167 Å². The highest BCUT2D eigenvalue weighted by atomic mass is 16.6. The first-order valence-corrected chi connectivity index (χ1v) is 19.6. The molecule has 3 heteroatoms. The van der Waals surface area contributed by atoms with Gasteiger partial charge >= 0.3 is 11.9 Å². The summed E-state index contributed by atoms with van der Waals surface area (Å²) in [7, 11) is 0. The lowest BCUT2D eigenvalue weighted by atomic mass is 10.0. The molecular weight excluding hydrogens is 528 g/mol. The minimum atomic E-state index is -0.323. The van der Waals surface area contributed by atoms with Gasteiger partial charge in [-0.3, -0.25) is 9.59 Å². The monoisotopic (exact) mass is 607 g/mol. The highest BCUT2D eigenvalue weighted by Crippen LogP contribution is 2.17. The molecule has 0 aromatic heterocycles. The maximum Gasteiger partial charge on any atom is 0.313 e. The number of esters is 2. The maximum absolute atomic E-state index is 12.0. The van der Waals surface area contributed by atoms with Crippen molar-refractivity contribution in [2.75, 3.05) is 0 Å². The summed E-state index contributed by atoms with van der Waals surface area (Å²) < 4.78 is 5.03. The van der Waals surface area contributed by atoms with Crippen LogP contribution in [0.25, 0.3) is 0 Å². The average molecular weight is 607 g/mol. The Morgan fingerprint density at radius 2 is 0.512 bits per heavy atom. The Labute approximate surface area is 270 Å². The molecule has 0 N–H and O–H groups in total. The minimum Gasteiger partial charge on any atom is -0.393 e. The Morgan fingerprint density at radius 1 is 0.326 bits per heavy atom. The fourth-order valence-electron chi connectivity index (χ4n) is 6.12. The van der Waals surface area contributed by atoms with Gasteiger partial charge in [-0.25, -0.2) is 0 Å². The maximum atomic E-state index is 12.0. The van der Waals surface area contributed by atoms with Crippen molar-refractivity contribution in [3.05, 3.63) is 0 Å². The molecule has 0 saturated carbocycles. The zero-order valence-corrected chi connectivity index (χ0v) is 30.0. The van der Waals surface area contributed by atoms with E-state index in [2.05, 4.69) is 27.7 Å². The van der Waals surface area contributed by atoms with Crippen molar-refractivity contribution >= 4 is 11.9 Å². The molecule has 0 aliphatic heterocycles. The fraction of sp³-hybridized carbons (Fsp3) is 0.950. The van der Waals surface area contributed by atoms with Crippen LogP contribution in [0.3, 0.4) is 0 Å². The van der Waals surface area contributed by atoms with Crippen LogP contribution in [0.15, 0.2) is 0 Å². The van der Waals surface area contributed by atoms with Crippen molar-refractivity contribution in [3.63, 3.8) is 0 Å². The largest absolute Gasteiger partial charge is 0.393 e. The molecule has 0 aromatic carbocycles. The van der Waals surface area contributed by atoms with Crippen molar-refractivity contribution in [3.8, 4) is 0 Å². The van der Waals surface area contributed by atoms with E-state index in [0.29, 0.717) is 12.8 Å². The third-order valence-electron chi connectivity index (χ3n) is 9.05. The van der Waals surface area contributed by atoms with Gasteiger partial charge in [-0.1, -0.05) is 207 Å². The van der Waals surface area contributed by atoms with Gasteiger partial charge in [0, 0.05) is 12.8 Å². The lowest BCUT2D eigenvalue weighted by molar-refractivity contribution is -0.159. The van der Waals surface area contributed by atoms with Crippen molar-refractivity contribution in [1.82, 2.24) is 0 Å². The summed E-state index contributed by atoms with van der Waals surface area (Å²) in [6, 6.07) is 0. The smallest absolute Gasteiger partial charge is 0.313 e. The molecule has 0 bridgehead atoms. The van der Waals surface area contributed by atoms with Crippen LogP contribution >= 0.6 is 0 Å². The van der Waals surface area contributed by atoms with E-state index in [1.54, 1.807) is 0 Å². The Morgan fingerprint density at radius 3 is 0.721 bits per heavy atom. The molecule has 3 nitrogen and oxygen atoms in total. The summed E-state index contributed by atoms with van der Waals surface area (Å²) in [6.45, 7) is 9.29. The third-order valence-corrected chi connectivity index (χ3v) is 9.05. The number of carbonyl (C=O) groups is 2.